The van der Waals surface area contributed by atoms with Gasteiger partial charge in [-0.05, 0) is 34.5 Å². The highest BCUT2D eigenvalue weighted by molar-refractivity contribution is 9.10. The molecular formula is C10H15BrN2O. The molecule has 0 spiro atoms. The Bertz CT molecular complexity index is 283. The monoisotopic (exact) mass is 258 g/mol. The maximum atomic E-state index is 9.97. The molecule has 0 aromatic carbocycles. The first-order valence-corrected chi connectivity index (χ1v) is 5.42. The van der Waals surface area contributed by atoms with Gasteiger partial charge >= 0.3 is 0 Å². The predicted molar refractivity (Wildman–Crippen MR) is 59.9 cm³/mol. The molecule has 0 aliphatic heterocycles. The predicted octanol–water partition coefficient (Wildman–Crippen LogP) is 1.49. The van der Waals surface area contributed by atoms with Crippen LogP contribution in [0, 0.1) is 0 Å². The summed E-state index contributed by atoms with van der Waals surface area (Å²) in [6, 6.07) is 3.80. The maximum absolute atomic E-state index is 9.97. The van der Waals surface area contributed by atoms with Crippen LogP contribution in [0.1, 0.15) is 19.0 Å². The van der Waals surface area contributed by atoms with E-state index in [0.29, 0.717) is 12.8 Å². The third kappa shape index (κ3) is 3.04. The summed E-state index contributed by atoms with van der Waals surface area (Å²) in [5, 5.41) is 9.97. The zero-order chi connectivity index (χ0) is 10.6. The first-order chi connectivity index (χ1) is 6.59. The third-order valence-electron chi connectivity index (χ3n) is 2.34. The molecule has 1 heterocycles. The Kier molecular flexibility index (Phi) is 4.04. The lowest BCUT2D eigenvalue weighted by Crippen LogP contribution is -2.39. The highest BCUT2D eigenvalue weighted by Gasteiger charge is 2.23. The standard InChI is InChI=1S/C10H15BrN2O/c1-2-10(14,7-12)5-9-4-3-8(11)6-13-9/h3-4,6,14H,2,5,7,12H2,1H3. The molecule has 0 amide bonds. The first-order valence-electron chi connectivity index (χ1n) is 4.62. The molecule has 78 valence electrons. The van der Waals surface area contributed by atoms with Crippen LogP contribution in [0.15, 0.2) is 22.8 Å². The van der Waals surface area contributed by atoms with Gasteiger partial charge in [0, 0.05) is 29.3 Å². The highest BCUT2D eigenvalue weighted by atomic mass is 79.9. The second kappa shape index (κ2) is 4.87. The van der Waals surface area contributed by atoms with Gasteiger partial charge in [0.2, 0.25) is 0 Å². The van der Waals surface area contributed by atoms with E-state index in [1.54, 1.807) is 6.20 Å². The van der Waals surface area contributed by atoms with Crippen molar-refractivity contribution in [2.45, 2.75) is 25.4 Å². The molecule has 4 heteroatoms. The summed E-state index contributed by atoms with van der Waals surface area (Å²) < 4.78 is 0.939. The fraction of sp³-hybridized carbons (Fsp3) is 0.500. The van der Waals surface area contributed by atoms with Crippen molar-refractivity contribution in [2.24, 2.45) is 5.73 Å². The fourth-order valence-corrected chi connectivity index (χ4v) is 1.42. The van der Waals surface area contributed by atoms with Gasteiger partial charge in [-0.1, -0.05) is 6.92 Å². The Morgan fingerprint density at radius 3 is 2.71 bits per heavy atom. The highest BCUT2D eigenvalue weighted by Crippen LogP contribution is 2.16. The van der Waals surface area contributed by atoms with Crippen LogP contribution in [-0.4, -0.2) is 22.2 Å². The summed E-state index contributed by atoms with van der Waals surface area (Å²) in [4.78, 5) is 4.20. The average molecular weight is 259 g/mol. The van der Waals surface area contributed by atoms with Gasteiger partial charge in [-0.25, -0.2) is 0 Å². The molecule has 0 saturated heterocycles. The van der Waals surface area contributed by atoms with Crippen LogP contribution >= 0.6 is 15.9 Å². The van der Waals surface area contributed by atoms with Crippen LogP contribution < -0.4 is 5.73 Å². The van der Waals surface area contributed by atoms with Gasteiger partial charge < -0.3 is 10.8 Å². The van der Waals surface area contributed by atoms with Crippen molar-refractivity contribution in [3.63, 3.8) is 0 Å². The summed E-state index contributed by atoms with van der Waals surface area (Å²) in [5.74, 6) is 0. The van der Waals surface area contributed by atoms with Crippen molar-refractivity contribution in [2.75, 3.05) is 6.54 Å². The number of hydrogen-bond acceptors (Lipinski definition) is 3. The van der Waals surface area contributed by atoms with Crippen molar-refractivity contribution in [3.05, 3.63) is 28.5 Å². The lowest BCUT2D eigenvalue weighted by molar-refractivity contribution is 0.0446. The Balaban J connectivity index is 2.72. The van der Waals surface area contributed by atoms with E-state index in [2.05, 4.69) is 20.9 Å². The van der Waals surface area contributed by atoms with E-state index in [0.717, 1.165) is 10.2 Å². The van der Waals surface area contributed by atoms with E-state index in [4.69, 9.17) is 5.73 Å². The van der Waals surface area contributed by atoms with Gasteiger partial charge in [0.15, 0.2) is 0 Å². The van der Waals surface area contributed by atoms with Crippen molar-refractivity contribution in [3.8, 4) is 0 Å². The maximum Gasteiger partial charge on any atom is 0.0821 e. The van der Waals surface area contributed by atoms with Crippen molar-refractivity contribution in [1.82, 2.24) is 4.98 Å². The number of pyridine rings is 1. The van der Waals surface area contributed by atoms with E-state index >= 15 is 0 Å². The number of halogens is 1. The van der Waals surface area contributed by atoms with Crippen LogP contribution in [0.4, 0.5) is 0 Å². The zero-order valence-electron chi connectivity index (χ0n) is 8.20. The molecule has 0 aliphatic carbocycles. The Labute approximate surface area is 92.5 Å². The fourth-order valence-electron chi connectivity index (χ4n) is 1.19. The minimum absolute atomic E-state index is 0.265. The number of aromatic nitrogens is 1. The molecule has 14 heavy (non-hydrogen) atoms. The molecule has 1 aromatic rings. The molecule has 1 atom stereocenters. The molecule has 1 rings (SSSR count). The van der Waals surface area contributed by atoms with Gasteiger partial charge in [0.25, 0.3) is 0 Å². The van der Waals surface area contributed by atoms with Gasteiger partial charge in [-0.2, -0.15) is 0 Å². The smallest absolute Gasteiger partial charge is 0.0821 e. The van der Waals surface area contributed by atoms with Crippen molar-refractivity contribution >= 4 is 15.9 Å². The Morgan fingerprint density at radius 1 is 1.57 bits per heavy atom. The molecule has 0 aliphatic rings. The van der Waals surface area contributed by atoms with Crippen molar-refractivity contribution in [1.29, 1.82) is 0 Å². The minimum Gasteiger partial charge on any atom is -0.388 e. The van der Waals surface area contributed by atoms with E-state index < -0.39 is 5.60 Å². The summed E-state index contributed by atoms with van der Waals surface area (Å²) >= 11 is 3.31. The van der Waals surface area contributed by atoms with Gasteiger partial charge in [0.05, 0.1) is 5.60 Å². The molecule has 3 nitrogen and oxygen atoms in total. The Morgan fingerprint density at radius 2 is 2.29 bits per heavy atom. The van der Waals surface area contributed by atoms with E-state index in [1.807, 2.05) is 19.1 Å². The van der Waals surface area contributed by atoms with E-state index in [1.165, 1.54) is 0 Å². The number of hydrogen-bond donors (Lipinski definition) is 2. The zero-order valence-corrected chi connectivity index (χ0v) is 9.79. The summed E-state index contributed by atoms with van der Waals surface area (Å²) in [6.07, 6.45) is 2.87. The second-order valence-electron chi connectivity index (χ2n) is 3.43. The van der Waals surface area contributed by atoms with Crippen LogP contribution in [0.3, 0.4) is 0 Å². The average Bonchev–Trinajstić information content (AvgIpc) is 2.21. The normalized spacial score (nSPS) is 15.1. The van der Waals surface area contributed by atoms with Gasteiger partial charge in [-0.15, -0.1) is 0 Å². The molecular weight excluding hydrogens is 244 g/mol. The Hall–Kier alpha value is -0.450. The number of aliphatic hydroxyl groups is 1. The first kappa shape index (κ1) is 11.6. The van der Waals surface area contributed by atoms with E-state index in [-0.39, 0.29) is 6.54 Å². The molecule has 0 bridgehead atoms. The molecule has 0 saturated carbocycles. The molecule has 3 N–H and O–H groups in total. The lowest BCUT2D eigenvalue weighted by Gasteiger charge is -2.24. The lowest BCUT2D eigenvalue weighted by atomic mass is 9.95. The topological polar surface area (TPSA) is 59.1 Å². The SMILES string of the molecule is CCC(O)(CN)Cc1ccc(Br)cn1. The van der Waals surface area contributed by atoms with Crippen LogP contribution in [0.5, 0.6) is 0 Å². The van der Waals surface area contributed by atoms with Gasteiger partial charge in [-0.3, -0.25) is 4.98 Å². The largest absolute Gasteiger partial charge is 0.388 e. The molecule has 1 unspecified atom stereocenters. The summed E-state index contributed by atoms with van der Waals surface area (Å²) in [5.41, 5.74) is 5.55. The van der Waals surface area contributed by atoms with Crippen LogP contribution in [0.2, 0.25) is 0 Å². The second-order valence-corrected chi connectivity index (χ2v) is 4.34. The molecule has 1 aromatic heterocycles. The van der Waals surface area contributed by atoms with Crippen LogP contribution in [-0.2, 0) is 6.42 Å². The summed E-state index contributed by atoms with van der Waals surface area (Å²) in [6.45, 7) is 2.19. The number of rotatable bonds is 4. The number of nitrogens with zero attached hydrogens (tertiary/aromatic N) is 1. The van der Waals surface area contributed by atoms with Crippen LogP contribution in [0.25, 0.3) is 0 Å². The molecule has 0 fully saturated rings. The van der Waals surface area contributed by atoms with Gasteiger partial charge in [0.1, 0.15) is 0 Å². The quantitative estimate of drug-likeness (QED) is 0.861. The summed E-state index contributed by atoms with van der Waals surface area (Å²) in [7, 11) is 0. The third-order valence-corrected chi connectivity index (χ3v) is 2.81. The minimum atomic E-state index is -0.819. The van der Waals surface area contributed by atoms with E-state index in [9.17, 15) is 5.11 Å². The molecule has 0 radical (unpaired) electrons. The van der Waals surface area contributed by atoms with Crippen molar-refractivity contribution < 1.29 is 5.11 Å². The number of nitrogens with two attached hydrogens (primary N) is 1.